The molecule has 0 unspecified atom stereocenters. The van der Waals surface area contributed by atoms with Crippen molar-refractivity contribution >= 4 is 24.5 Å². The van der Waals surface area contributed by atoms with Crippen molar-refractivity contribution < 1.29 is 35.2 Å². The molecule has 5 nitrogen and oxygen atoms in total. The highest BCUT2D eigenvalue weighted by molar-refractivity contribution is 6.50. The highest BCUT2D eigenvalue weighted by Crippen LogP contribution is 2.37. The first-order valence-electron chi connectivity index (χ1n) is 6.13. The Balaban J connectivity index is 0.000000550. The first kappa shape index (κ1) is 20.6. The number of benzene rings is 1. The van der Waals surface area contributed by atoms with Crippen LogP contribution in [0.4, 0.5) is 36.1 Å². The molecule has 2 rings (SSSR count). The summed E-state index contributed by atoms with van der Waals surface area (Å²) >= 11 is 5.87. The molecule has 14 heteroatoms. The number of diazo groups is 1. The topological polar surface area (TPSA) is 55.2 Å². The standard InChI is InChI=1S/C11H7ClF3N4O.BF4/c1-19-10(20-11(14)15)8(12)9(18-19)6-3-2-5(17-16)4-7(6)13;2-1(3,4)5/h2-4,11H,1H3;/q+1;-1. The van der Waals surface area contributed by atoms with E-state index in [2.05, 4.69) is 14.8 Å². The van der Waals surface area contributed by atoms with Crippen LogP contribution in [0.2, 0.25) is 5.02 Å². The summed E-state index contributed by atoms with van der Waals surface area (Å²) in [7, 11) is -4.66. The maximum atomic E-state index is 13.8. The number of hydrogen-bond donors (Lipinski definition) is 0. The van der Waals surface area contributed by atoms with Crippen molar-refractivity contribution in [3.63, 3.8) is 0 Å². The van der Waals surface area contributed by atoms with Gasteiger partial charge in [-0.3, -0.25) is 0 Å². The smallest absolute Gasteiger partial charge is 0.418 e. The van der Waals surface area contributed by atoms with Crippen LogP contribution in [0.3, 0.4) is 0 Å². The molecule has 2 aromatic rings. The van der Waals surface area contributed by atoms with Crippen LogP contribution in [0.1, 0.15) is 0 Å². The van der Waals surface area contributed by atoms with Crippen LogP contribution in [-0.2, 0) is 7.05 Å². The van der Waals surface area contributed by atoms with Crippen molar-refractivity contribution in [2.24, 2.45) is 7.05 Å². The SMILES string of the molecule is Cn1nc(-c2ccc([N+]#N)cc2F)c(Cl)c1OC(F)F.F[B-](F)(F)F. The van der Waals surface area contributed by atoms with Gasteiger partial charge < -0.3 is 22.0 Å². The average molecular weight is 390 g/mol. The second-order valence-corrected chi connectivity index (χ2v) is 4.61. The van der Waals surface area contributed by atoms with Crippen molar-refractivity contribution in [3.05, 3.63) is 34.0 Å². The summed E-state index contributed by atoms with van der Waals surface area (Å²) in [5, 5.41) is 12.1. The average Bonchev–Trinajstić information content (AvgIpc) is 2.73. The number of hydrogen-bond acceptors (Lipinski definition) is 3. The minimum Gasteiger partial charge on any atom is -0.418 e. The predicted octanol–water partition coefficient (Wildman–Crippen LogP) is 5.27. The molecule has 0 aliphatic rings. The van der Waals surface area contributed by atoms with Gasteiger partial charge in [-0.25, -0.2) is 9.07 Å². The number of ether oxygens (including phenoxy) is 1. The summed E-state index contributed by atoms with van der Waals surface area (Å²) in [5.74, 6) is -1.13. The van der Waals surface area contributed by atoms with E-state index in [0.29, 0.717) is 0 Å². The first-order chi connectivity index (χ1) is 11.4. The molecule has 1 aromatic heterocycles. The Hall–Kier alpha value is -2.49. The van der Waals surface area contributed by atoms with Gasteiger partial charge in [0.1, 0.15) is 16.5 Å². The number of alkyl halides is 2. The van der Waals surface area contributed by atoms with Crippen LogP contribution in [0.5, 0.6) is 5.88 Å². The Morgan fingerprint density at radius 2 is 1.84 bits per heavy atom. The Labute approximate surface area is 140 Å². The molecule has 1 heterocycles. The number of nitrogens with zero attached hydrogens (tertiary/aromatic N) is 4. The molecular formula is C11H7BClF7N4O. The zero-order valence-corrected chi connectivity index (χ0v) is 12.9. The van der Waals surface area contributed by atoms with Gasteiger partial charge in [0.2, 0.25) is 11.3 Å². The molecule has 0 amide bonds. The molecule has 0 atom stereocenters. The molecule has 1 aromatic carbocycles. The number of aromatic nitrogens is 2. The minimum absolute atomic E-state index is 0.00218. The van der Waals surface area contributed by atoms with E-state index >= 15 is 0 Å². The summed E-state index contributed by atoms with van der Waals surface area (Å²) in [6.07, 6.45) is 0. The van der Waals surface area contributed by atoms with E-state index < -0.39 is 19.7 Å². The van der Waals surface area contributed by atoms with E-state index in [-0.39, 0.29) is 27.8 Å². The van der Waals surface area contributed by atoms with Gasteiger partial charge in [0, 0.05) is 18.7 Å². The molecule has 136 valence electrons. The third kappa shape index (κ3) is 6.15. The van der Waals surface area contributed by atoms with E-state index in [1.165, 1.54) is 19.2 Å². The fourth-order valence-electron chi connectivity index (χ4n) is 1.63. The second kappa shape index (κ2) is 8.06. The second-order valence-electron chi connectivity index (χ2n) is 4.23. The molecule has 0 spiro atoms. The molecular weight excluding hydrogens is 383 g/mol. The first-order valence-corrected chi connectivity index (χ1v) is 6.51. The van der Waals surface area contributed by atoms with E-state index in [1.54, 1.807) is 0 Å². The van der Waals surface area contributed by atoms with Gasteiger partial charge in [-0.1, -0.05) is 11.6 Å². The predicted molar refractivity (Wildman–Crippen MR) is 75.2 cm³/mol. The van der Waals surface area contributed by atoms with Crippen LogP contribution in [-0.4, -0.2) is 23.6 Å². The third-order valence-electron chi connectivity index (χ3n) is 2.46. The van der Waals surface area contributed by atoms with Gasteiger partial charge in [-0.15, -0.1) is 0 Å². The number of halogens is 8. The number of aryl methyl sites for hydroxylation is 1. The lowest BCUT2D eigenvalue weighted by molar-refractivity contribution is -0.0552. The Morgan fingerprint density at radius 1 is 1.28 bits per heavy atom. The van der Waals surface area contributed by atoms with Crippen LogP contribution in [0.15, 0.2) is 18.2 Å². The Bertz CT molecular complexity index is 784. The quantitative estimate of drug-likeness (QED) is 0.408. The highest BCUT2D eigenvalue weighted by atomic mass is 35.5. The summed E-state index contributed by atoms with van der Waals surface area (Å²) in [6, 6.07) is 3.54. The summed E-state index contributed by atoms with van der Waals surface area (Å²) < 4.78 is 82.5. The van der Waals surface area contributed by atoms with Gasteiger partial charge in [-0.05, 0) is 6.07 Å². The van der Waals surface area contributed by atoms with Crippen LogP contribution >= 0.6 is 11.6 Å². The largest absolute Gasteiger partial charge is 0.673 e. The molecule has 0 saturated carbocycles. The third-order valence-corrected chi connectivity index (χ3v) is 2.80. The van der Waals surface area contributed by atoms with E-state index in [1.807, 2.05) is 0 Å². The van der Waals surface area contributed by atoms with Crippen LogP contribution in [0.25, 0.3) is 16.2 Å². The van der Waals surface area contributed by atoms with Crippen molar-refractivity contribution in [2.75, 3.05) is 0 Å². The lowest BCUT2D eigenvalue weighted by atomic mass is 10.1. The molecule has 0 radical (unpaired) electrons. The van der Waals surface area contributed by atoms with E-state index in [4.69, 9.17) is 17.0 Å². The maximum Gasteiger partial charge on any atom is 0.673 e. The van der Waals surface area contributed by atoms with Gasteiger partial charge in [-0.2, -0.15) is 13.9 Å². The van der Waals surface area contributed by atoms with Gasteiger partial charge in [0.05, 0.1) is 6.07 Å². The van der Waals surface area contributed by atoms with E-state index in [9.17, 15) is 30.4 Å². The fraction of sp³-hybridized carbons (Fsp3) is 0.182. The van der Waals surface area contributed by atoms with Gasteiger partial charge >= 0.3 is 19.6 Å². The van der Waals surface area contributed by atoms with Gasteiger partial charge in [0.25, 0.3) is 0 Å². The highest BCUT2D eigenvalue weighted by Gasteiger charge is 2.23. The molecule has 0 aliphatic heterocycles. The van der Waals surface area contributed by atoms with Crippen molar-refractivity contribution in [1.82, 2.24) is 9.78 Å². The summed E-state index contributed by atoms with van der Waals surface area (Å²) in [6.45, 7) is -3.07. The van der Waals surface area contributed by atoms with Crippen molar-refractivity contribution in [1.29, 1.82) is 5.39 Å². The Morgan fingerprint density at radius 3 is 2.28 bits per heavy atom. The Kier molecular flexibility index (Phi) is 6.63. The minimum atomic E-state index is -6.00. The van der Waals surface area contributed by atoms with Crippen LogP contribution in [0, 0.1) is 11.2 Å². The van der Waals surface area contributed by atoms with Crippen molar-refractivity contribution in [2.45, 2.75) is 6.61 Å². The molecule has 0 N–H and O–H groups in total. The summed E-state index contributed by atoms with van der Waals surface area (Å²) in [5.41, 5.74) is -0.0729. The molecule has 0 bridgehead atoms. The fourth-order valence-corrected chi connectivity index (χ4v) is 1.93. The molecule has 0 aliphatic carbocycles. The lowest BCUT2D eigenvalue weighted by Gasteiger charge is -2.03. The monoisotopic (exact) mass is 390 g/mol. The normalized spacial score (nSPS) is 10.9. The molecule has 25 heavy (non-hydrogen) atoms. The maximum absolute atomic E-state index is 13.8. The lowest BCUT2D eigenvalue weighted by Crippen LogP contribution is -2.06. The summed E-state index contributed by atoms with van der Waals surface area (Å²) in [4.78, 5) is 2.83. The molecule has 0 saturated heterocycles. The van der Waals surface area contributed by atoms with E-state index in [0.717, 1.165) is 10.7 Å². The zero-order valence-electron chi connectivity index (χ0n) is 12.1. The number of rotatable bonds is 3. The van der Waals surface area contributed by atoms with Crippen LogP contribution < -0.4 is 4.74 Å². The van der Waals surface area contributed by atoms with Crippen molar-refractivity contribution in [3.8, 4) is 17.1 Å². The van der Waals surface area contributed by atoms with Gasteiger partial charge in [0.15, 0.2) is 4.98 Å². The molecule has 0 fully saturated rings. The zero-order chi connectivity index (χ0) is 19.4.